The van der Waals surface area contributed by atoms with E-state index in [9.17, 15) is 0 Å². The van der Waals surface area contributed by atoms with E-state index in [1.54, 1.807) is 12.1 Å². The molecule has 0 bridgehead atoms. The molecular formula is C10H15N3O. The minimum atomic E-state index is 0.122. The first-order valence-electron chi connectivity index (χ1n) is 4.56. The summed E-state index contributed by atoms with van der Waals surface area (Å²) in [5.74, 6) is 1.33. The Balaban J connectivity index is 2.63. The van der Waals surface area contributed by atoms with E-state index in [1.165, 1.54) is 6.33 Å². The van der Waals surface area contributed by atoms with Gasteiger partial charge in [0.2, 0.25) is 5.88 Å². The maximum absolute atomic E-state index is 5.42. The van der Waals surface area contributed by atoms with Crippen LogP contribution in [0, 0.1) is 0 Å². The Morgan fingerprint density at radius 3 is 3.00 bits per heavy atom. The highest BCUT2D eigenvalue weighted by molar-refractivity contribution is 5.37. The molecule has 1 heterocycles. The molecule has 0 saturated carbocycles. The quantitative estimate of drug-likeness (QED) is 0.725. The first kappa shape index (κ1) is 10.5. The molecule has 4 heteroatoms. The van der Waals surface area contributed by atoms with Crippen LogP contribution < -0.4 is 10.1 Å². The molecule has 1 aromatic rings. The number of hydrogen-bond donors (Lipinski definition) is 1. The van der Waals surface area contributed by atoms with Crippen molar-refractivity contribution in [2.45, 2.75) is 20.0 Å². The summed E-state index contributed by atoms with van der Waals surface area (Å²) in [6, 6.07) is 1.77. The van der Waals surface area contributed by atoms with Gasteiger partial charge in [0.15, 0.2) is 0 Å². The van der Waals surface area contributed by atoms with Crippen LogP contribution in [0.4, 0.5) is 5.82 Å². The lowest BCUT2D eigenvalue weighted by atomic mass is 10.4. The standard InChI is InChI=1S/C10H15N3O/c1-4-5-11-9-6-10(13-7-12-9)14-8(2)3/h4,6-8H,1,5H2,2-3H3,(H,11,12,13). The molecule has 14 heavy (non-hydrogen) atoms. The third-order valence-electron chi connectivity index (χ3n) is 1.43. The molecule has 4 nitrogen and oxygen atoms in total. The molecule has 0 aliphatic carbocycles. The van der Waals surface area contributed by atoms with Crippen LogP contribution in [-0.2, 0) is 0 Å². The van der Waals surface area contributed by atoms with E-state index in [4.69, 9.17) is 4.74 Å². The summed E-state index contributed by atoms with van der Waals surface area (Å²) in [6.07, 6.45) is 3.37. The Bertz CT molecular complexity index is 299. The van der Waals surface area contributed by atoms with E-state index in [1.807, 2.05) is 13.8 Å². The van der Waals surface area contributed by atoms with Crippen molar-refractivity contribution in [2.24, 2.45) is 0 Å². The van der Waals surface area contributed by atoms with Crippen molar-refractivity contribution in [2.75, 3.05) is 11.9 Å². The van der Waals surface area contributed by atoms with Crippen molar-refractivity contribution < 1.29 is 4.74 Å². The predicted molar refractivity (Wildman–Crippen MR) is 56.5 cm³/mol. The molecule has 0 aliphatic heterocycles. The molecule has 0 fully saturated rings. The van der Waals surface area contributed by atoms with Gasteiger partial charge in [-0.05, 0) is 13.8 Å². The summed E-state index contributed by atoms with van der Waals surface area (Å²) in [6.45, 7) is 8.20. The van der Waals surface area contributed by atoms with Crippen molar-refractivity contribution in [1.29, 1.82) is 0 Å². The third-order valence-corrected chi connectivity index (χ3v) is 1.43. The fourth-order valence-electron chi connectivity index (χ4n) is 0.919. The minimum absolute atomic E-state index is 0.122. The normalized spacial score (nSPS) is 9.93. The van der Waals surface area contributed by atoms with Gasteiger partial charge < -0.3 is 10.1 Å². The Morgan fingerprint density at radius 2 is 2.36 bits per heavy atom. The SMILES string of the molecule is C=CCNc1cc(OC(C)C)ncn1. The number of aromatic nitrogens is 2. The molecule has 0 atom stereocenters. The van der Waals surface area contributed by atoms with Gasteiger partial charge in [-0.25, -0.2) is 9.97 Å². The van der Waals surface area contributed by atoms with Crippen LogP contribution in [0.5, 0.6) is 5.88 Å². The average molecular weight is 193 g/mol. The number of rotatable bonds is 5. The second-order valence-corrected chi connectivity index (χ2v) is 3.08. The van der Waals surface area contributed by atoms with Gasteiger partial charge in [0, 0.05) is 12.6 Å². The second-order valence-electron chi connectivity index (χ2n) is 3.08. The molecule has 76 valence electrons. The first-order valence-corrected chi connectivity index (χ1v) is 4.56. The summed E-state index contributed by atoms with van der Waals surface area (Å²) >= 11 is 0. The molecule has 0 saturated heterocycles. The van der Waals surface area contributed by atoms with E-state index in [-0.39, 0.29) is 6.10 Å². The van der Waals surface area contributed by atoms with Gasteiger partial charge in [-0.3, -0.25) is 0 Å². The molecule has 0 aliphatic rings. The van der Waals surface area contributed by atoms with Gasteiger partial charge in [0.25, 0.3) is 0 Å². The largest absolute Gasteiger partial charge is 0.475 e. The molecule has 1 rings (SSSR count). The van der Waals surface area contributed by atoms with Gasteiger partial charge in [0.05, 0.1) is 6.10 Å². The van der Waals surface area contributed by atoms with Crippen LogP contribution in [0.2, 0.25) is 0 Å². The highest BCUT2D eigenvalue weighted by Crippen LogP contribution is 2.11. The predicted octanol–water partition coefficient (Wildman–Crippen LogP) is 1.86. The van der Waals surface area contributed by atoms with Crippen LogP contribution in [0.25, 0.3) is 0 Å². The van der Waals surface area contributed by atoms with E-state index in [0.717, 1.165) is 5.82 Å². The number of anilines is 1. The van der Waals surface area contributed by atoms with Gasteiger partial charge >= 0.3 is 0 Å². The van der Waals surface area contributed by atoms with E-state index in [2.05, 4.69) is 21.9 Å². The van der Waals surface area contributed by atoms with Crippen molar-refractivity contribution >= 4 is 5.82 Å². The van der Waals surface area contributed by atoms with Crippen LogP contribution in [0.3, 0.4) is 0 Å². The number of nitrogens with zero attached hydrogens (tertiary/aromatic N) is 2. The Morgan fingerprint density at radius 1 is 1.57 bits per heavy atom. The smallest absolute Gasteiger partial charge is 0.218 e. The topological polar surface area (TPSA) is 47.0 Å². The molecule has 0 unspecified atom stereocenters. The minimum Gasteiger partial charge on any atom is -0.475 e. The van der Waals surface area contributed by atoms with Crippen LogP contribution in [0.1, 0.15) is 13.8 Å². The number of hydrogen-bond acceptors (Lipinski definition) is 4. The van der Waals surface area contributed by atoms with Crippen molar-refractivity contribution in [1.82, 2.24) is 9.97 Å². The summed E-state index contributed by atoms with van der Waals surface area (Å²) in [5.41, 5.74) is 0. The zero-order chi connectivity index (χ0) is 10.4. The van der Waals surface area contributed by atoms with Crippen LogP contribution in [0.15, 0.2) is 25.0 Å². The van der Waals surface area contributed by atoms with E-state index >= 15 is 0 Å². The zero-order valence-corrected chi connectivity index (χ0v) is 8.53. The maximum atomic E-state index is 5.42. The fraction of sp³-hybridized carbons (Fsp3) is 0.400. The van der Waals surface area contributed by atoms with Gasteiger partial charge in [-0.1, -0.05) is 6.08 Å². The third kappa shape index (κ3) is 3.43. The fourth-order valence-corrected chi connectivity index (χ4v) is 0.919. The van der Waals surface area contributed by atoms with Gasteiger partial charge in [0.1, 0.15) is 12.1 Å². The number of nitrogens with one attached hydrogen (secondary N) is 1. The molecule has 0 spiro atoms. The summed E-state index contributed by atoms with van der Waals surface area (Å²) in [7, 11) is 0. The Kier molecular flexibility index (Phi) is 3.91. The van der Waals surface area contributed by atoms with Crippen LogP contribution in [-0.4, -0.2) is 22.6 Å². The number of ether oxygens (including phenoxy) is 1. The zero-order valence-electron chi connectivity index (χ0n) is 8.53. The average Bonchev–Trinajstić information content (AvgIpc) is 2.14. The van der Waals surface area contributed by atoms with Crippen molar-refractivity contribution in [3.8, 4) is 5.88 Å². The highest BCUT2D eigenvalue weighted by atomic mass is 16.5. The molecule has 0 aromatic carbocycles. The van der Waals surface area contributed by atoms with Gasteiger partial charge in [-0.2, -0.15) is 0 Å². The molecule has 1 aromatic heterocycles. The van der Waals surface area contributed by atoms with E-state index < -0.39 is 0 Å². The van der Waals surface area contributed by atoms with Crippen molar-refractivity contribution in [3.63, 3.8) is 0 Å². The maximum Gasteiger partial charge on any atom is 0.218 e. The summed E-state index contributed by atoms with van der Waals surface area (Å²) in [5, 5.41) is 3.06. The van der Waals surface area contributed by atoms with Crippen molar-refractivity contribution in [3.05, 3.63) is 25.0 Å². The Hall–Kier alpha value is -1.58. The van der Waals surface area contributed by atoms with Crippen LogP contribution >= 0.6 is 0 Å². The lowest BCUT2D eigenvalue weighted by Crippen LogP contribution is -2.08. The lowest BCUT2D eigenvalue weighted by molar-refractivity contribution is 0.232. The summed E-state index contributed by atoms with van der Waals surface area (Å²) < 4.78 is 5.42. The molecular weight excluding hydrogens is 178 g/mol. The summed E-state index contributed by atoms with van der Waals surface area (Å²) in [4.78, 5) is 8.02. The first-order chi connectivity index (χ1) is 6.72. The van der Waals surface area contributed by atoms with E-state index in [0.29, 0.717) is 12.4 Å². The highest BCUT2D eigenvalue weighted by Gasteiger charge is 2.00. The van der Waals surface area contributed by atoms with Gasteiger partial charge in [-0.15, -0.1) is 6.58 Å². The lowest BCUT2D eigenvalue weighted by Gasteiger charge is -2.09. The second kappa shape index (κ2) is 5.21. The molecule has 1 N–H and O–H groups in total. The monoisotopic (exact) mass is 193 g/mol. The molecule has 0 amide bonds. The molecule has 0 radical (unpaired) electrons. The Labute approximate surface area is 84.0 Å².